The van der Waals surface area contributed by atoms with E-state index in [1.165, 1.54) is 19.2 Å². The average molecular weight is 613 g/mol. The highest BCUT2D eigenvalue weighted by atomic mass is 35.5. The number of esters is 1. The van der Waals surface area contributed by atoms with E-state index in [1.807, 2.05) is 35.6 Å². The highest BCUT2D eigenvalue weighted by Crippen LogP contribution is 2.35. The minimum Gasteiger partial charge on any atom is -0.469 e. The zero-order chi connectivity index (χ0) is 31.5. The minimum atomic E-state index is -0.583. The van der Waals surface area contributed by atoms with Crippen LogP contribution in [0.25, 0.3) is 22.2 Å². The number of piperazine rings is 1. The number of hydrogen-bond donors (Lipinski definition) is 0. The van der Waals surface area contributed by atoms with Crippen LogP contribution < -0.4 is 0 Å². The van der Waals surface area contributed by atoms with Gasteiger partial charge < -0.3 is 19.1 Å². The van der Waals surface area contributed by atoms with Gasteiger partial charge in [-0.05, 0) is 77.3 Å². The number of nitrogens with zero attached hydrogens (tertiary/aromatic N) is 4. The van der Waals surface area contributed by atoms with Crippen LogP contribution in [-0.4, -0.2) is 69.4 Å². The lowest BCUT2D eigenvalue weighted by molar-refractivity contribution is -0.140. The molecule has 0 spiro atoms. The van der Waals surface area contributed by atoms with E-state index in [0.717, 1.165) is 36.6 Å². The fraction of sp³-hybridized carbons (Fsp3) is 0.515. The van der Waals surface area contributed by atoms with Crippen molar-refractivity contribution in [3.05, 3.63) is 53.1 Å². The summed E-state index contributed by atoms with van der Waals surface area (Å²) in [6.45, 7) is 11.4. The van der Waals surface area contributed by atoms with Gasteiger partial charge in [0.25, 0.3) is 5.91 Å². The van der Waals surface area contributed by atoms with Crippen LogP contribution >= 0.6 is 11.6 Å². The van der Waals surface area contributed by atoms with Gasteiger partial charge in [0.2, 0.25) is 5.91 Å². The smallest absolute Gasteiger partial charge is 0.305 e. The zero-order valence-electron chi connectivity index (χ0n) is 26.0. The predicted octanol–water partition coefficient (Wildman–Crippen LogP) is 6.83. The molecule has 3 heterocycles. The van der Waals surface area contributed by atoms with Gasteiger partial charge in [-0.25, -0.2) is 9.37 Å². The molecule has 10 heteroatoms. The first kappa shape index (κ1) is 32.5. The summed E-state index contributed by atoms with van der Waals surface area (Å²) in [5.41, 5.74) is 1.52. The van der Waals surface area contributed by atoms with Crippen LogP contribution in [0.4, 0.5) is 4.39 Å². The molecule has 2 amide bonds. The number of pyridine rings is 1. The van der Waals surface area contributed by atoms with Crippen molar-refractivity contribution in [3.8, 4) is 11.1 Å². The van der Waals surface area contributed by atoms with E-state index >= 15 is 0 Å². The average Bonchev–Trinajstić information content (AvgIpc) is 3.34. The fourth-order valence-corrected chi connectivity index (χ4v) is 5.79. The van der Waals surface area contributed by atoms with Gasteiger partial charge in [0.1, 0.15) is 17.2 Å². The quantitative estimate of drug-likeness (QED) is 0.195. The van der Waals surface area contributed by atoms with Crippen molar-refractivity contribution in [1.29, 1.82) is 0 Å². The van der Waals surface area contributed by atoms with Crippen LogP contribution in [0, 0.1) is 5.82 Å². The number of fused-ring (bicyclic) bond motifs is 1. The Labute approximate surface area is 258 Å². The molecule has 0 atom stereocenters. The number of aromatic nitrogens is 2. The number of unbranched alkanes of at least 4 members (excludes halogenated alkanes) is 3. The maximum Gasteiger partial charge on any atom is 0.305 e. The number of ether oxygens (including phenoxy) is 1. The van der Waals surface area contributed by atoms with Crippen LogP contribution in [0.2, 0.25) is 5.02 Å². The molecule has 0 N–H and O–H groups in total. The summed E-state index contributed by atoms with van der Waals surface area (Å²) >= 11 is 5.93. The molecule has 0 saturated carbocycles. The molecule has 43 heavy (non-hydrogen) atoms. The number of amides is 2. The molecule has 1 aliphatic heterocycles. The van der Waals surface area contributed by atoms with Gasteiger partial charge in [0, 0.05) is 55.2 Å². The normalized spacial score (nSPS) is 15.2. The van der Waals surface area contributed by atoms with E-state index < -0.39 is 11.4 Å². The molecule has 1 fully saturated rings. The van der Waals surface area contributed by atoms with Crippen molar-refractivity contribution < 1.29 is 23.5 Å². The van der Waals surface area contributed by atoms with Crippen LogP contribution in [0.1, 0.15) is 83.6 Å². The van der Waals surface area contributed by atoms with Gasteiger partial charge >= 0.3 is 5.97 Å². The Bertz CT molecular complexity index is 1510. The second-order valence-corrected chi connectivity index (χ2v) is 13.3. The third kappa shape index (κ3) is 7.37. The molecule has 0 bridgehead atoms. The van der Waals surface area contributed by atoms with E-state index in [-0.39, 0.29) is 28.3 Å². The number of methoxy groups -OCH3 is 1. The van der Waals surface area contributed by atoms with Crippen molar-refractivity contribution in [2.75, 3.05) is 26.7 Å². The summed E-state index contributed by atoms with van der Waals surface area (Å²) < 4.78 is 21.0. The van der Waals surface area contributed by atoms with Crippen LogP contribution in [0.3, 0.4) is 0 Å². The second-order valence-electron chi connectivity index (χ2n) is 12.9. The standard InChI is InChI=1S/C33H42ClFN4O4/c1-32(2,3)39-20-24(22-13-15-25(34)26(35)19-22)23-14-16-27(36-30(23)39)31(42)38-18-17-37(21-33(38,4)5)28(40)11-9-7-8-10-12-29(41)43-6/h13-16,19-20H,7-12,17-18,21H2,1-6H3. The van der Waals surface area contributed by atoms with Gasteiger partial charge in [-0.2, -0.15) is 0 Å². The maximum atomic E-state index is 14.3. The molecular formula is C33H42ClFN4O4. The van der Waals surface area contributed by atoms with Gasteiger partial charge in [-0.15, -0.1) is 0 Å². The monoisotopic (exact) mass is 612 g/mol. The van der Waals surface area contributed by atoms with Crippen LogP contribution in [-0.2, 0) is 19.9 Å². The molecule has 1 aromatic carbocycles. The van der Waals surface area contributed by atoms with E-state index in [4.69, 9.17) is 16.6 Å². The molecule has 1 saturated heterocycles. The lowest BCUT2D eigenvalue weighted by atomic mass is 9.97. The fourth-order valence-electron chi connectivity index (χ4n) is 5.67. The summed E-state index contributed by atoms with van der Waals surface area (Å²) in [7, 11) is 1.39. The molecular weight excluding hydrogens is 571 g/mol. The number of hydrogen-bond acceptors (Lipinski definition) is 5. The Morgan fingerprint density at radius 3 is 2.35 bits per heavy atom. The largest absolute Gasteiger partial charge is 0.469 e. The van der Waals surface area contributed by atoms with Crippen molar-refractivity contribution >= 4 is 40.4 Å². The SMILES string of the molecule is COC(=O)CCCCCCC(=O)N1CCN(C(=O)c2ccc3c(-c4ccc(Cl)c(F)c4)cn(C(C)(C)C)c3n2)C(C)(C)C1. The Kier molecular flexibility index (Phi) is 9.84. The van der Waals surface area contributed by atoms with Gasteiger partial charge in [-0.1, -0.05) is 30.5 Å². The van der Waals surface area contributed by atoms with Gasteiger partial charge in [0.15, 0.2) is 0 Å². The molecule has 232 valence electrons. The summed E-state index contributed by atoms with van der Waals surface area (Å²) in [6.07, 6.45) is 6.08. The third-order valence-electron chi connectivity index (χ3n) is 8.07. The van der Waals surface area contributed by atoms with Crippen LogP contribution in [0.5, 0.6) is 0 Å². The topological polar surface area (TPSA) is 84.7 Å². The first-order chi connectivity index (χ1) is 20.2. The Hall–Kier alpha value is -3.46. The summed E-state index contributed by atoms with van der Waals surface area (Å²) in [5.74, 6) is -0.804. The summed E-state index contributed by atoms with van der Waals surface area (Å²) in [4.78, 5) is 46.5. The van der Waals surface area contributed by atoms with Crippen molar-refractivity contribution in [2.24, 2.45) is 0 Å². The first-order valence-electron chi connectivity index (χ1n) is 14.9. The van der Waals surface area contributed by atoms with Gasteiger partial charge in [-0.3, -0.25) is 14.4 Å². The van der Waals surface area contributed by atoms with E-state index in [2.05, 4.69) is 25.5 Å². The molecule has 4 rings (SSSR count). The van der Waals surface area contributed by atoms with Gasteiger partial charge in [0.05, 0.1) is 17.7 Å². The predicted molar refractivity (Wildman–Crippen MR) is 167 cm³/mol. The Morgan fingerprint density at radius 2 is 1.72 bits per heavy atom. The molecule has 0 unspecified atom stereocenters. The summed E-state index contributed by atoms with van der Waals surface area (Å²) in [6, 6.07) is 8.33. The Morgan fingerprint density at radius 1 is 1.02 bits per heavy atom. The maximum absolute atomic E-state index is 14.3. The lowest BCUT2D eigenvalue weighted by Gasteiger charge is -2.47. The molecule has 8 nitrogen and oxygen atoms in total. The number of halogens is 2. The number of rotatable bonds is 9. The molecule has 1 aliphatic rings. The Balaban J connectivity index is 1.48. The highest BCUT2D eigenvalue weighted by molar-refractivity contribution is 6.30. The second kappa shape index (κ2) is 13.0. The number of benzene rings is 1. The van der Waals surface area contributed by atoms with Crippen molar-refractivity contribution in [3.63, 3.8) is 0 Å². The summed E-state index contributed by atoms with van der Waals surface area (Å²) in [5, 5.41) is 0.874. The van der Waals surface area contributed by atoms with Crippen LogP contribution in [0.15, 0.2) is 36.5 Å². The van der Waals surface area contributed by atoms with Crippen molar-refractivity contribution in [2.45, 2.75) is 84.2 Å². The molecule has 0 radical (unpaired) electrons. The number of carbonyl (C=O) groups excluding carboxylic acids is 3. The minimum absolute atomic E-state index is 0.0613. The molecule has 0 aliphatic carbocycles. The zero-order valence-corrected chi connectivity index (χ0v) is 26.8. The van der Waals surface area contributed by atoms with E-state index in [9.17, 15) is 18.8 Å². The number of carbonyl (C=O) groups is 3. The van der Waals surface area contributed by atoms with E-state index in [1.54, 1.807) is 17.0 Å². The third-order valence-corrected chi connectivity index (χ3v) is 8.38. The highest BCUT2D eigenvalue weighted by Gasteiger charge is 2.39. The lowest BCUT2D eigenvalue weighted by Crippen LogP contribution is -2.62. The van der Waals surface area contributed by atoms with Crippen molar-refractivity contribution in [1.82, 2.24) is 19.4 Å². The molecule has 3 aromatic rings. The van der Waals surface area contributed by atoms with E-state index in [0.29, 0.717) is 49.4 Å². The first-order valence-corrected chi connectivity index (χ1v) is 15.3. The molecule has 2 aromatic heterocycles.